The summed E-state index contributed by atoms with van der Waals surface area (Å²) in [7, 11) is 1.60. The molecule has 6 heteroatoms. The van der Waals surface area contributed by atoms with Crippen LogP contribution in [0.5, 0.6) is 5.75 Å². The Balaban J connectivity index is 1.62. The number of carbonyl (C=O) groups excluding carboxylic acids is 2. The van der Waals surface area contributed by atoms with E-state index in [2.05, 4.69) is 5.32 Å². The van der Waals surface area contributed by atoms with Gasteiger partial charge in [0.15, 0.2) is 0 Å². The van der Waals surface area contributed by atoms with E-state index in [1.54, 1.807) is 18.1 Å². The van der Waals surface area contributed by atoms with Crippen molar-refractivity contribution in [2.75, 3.05) is 13.7 Å². The summed E-state index contributed by atoms with van der Waals surface area (Å²) in [5.41, 5.74) is 2.60. The van der Waals surface area contributed by atoms with Crippen molar-refractivity contribution >= 4 is 11.8 Å². The first kappa shape index (κ1) is 19.9. The quantitative estimate of drug-likeness (QED) is 0.832. The number of hydrogen-bond acceptors (Lipinski definition) is 3. The standard InChI is InChI=1S/C22H25FN2O3/c1-15-7-9-19(23)11-18(15)12-24-22(27)17-8-10-21(26)25(14-17)13-16-5-3-4-6-20(16)28-2/h3-7,9,11,17H,8,10,12-14H2,1-2H3,(H,24,27)/t17-/m1/s1. The van der Waals surface area contributed by atoms with Gasteiger partial charge in [-0.15, -0.1) is 0 Å². The molecule has 148 valence electrons. The summed E-state index contributed by atoms with van der Waals surface area (Å²) < 4.78 is 18.8. The van der Waals surface area contributed by atoms with Gasteiger partial charge in [-0.3, -0.25) is 9.59 Å². The van der Waals surface area contributed by atoms with Crippen LogP contribution in [0.1, 0.15) is 29.5 Å². The highest BCUT2D eigenvalue weighted by Crippen LogP contribution is 2.24. The molecule has 1 heterocycles. The SMILES string of the molecule is COc1ccccc1CN1C[C@H](C(=O)NCc2cc(F)ccc2C)CCC1=O. The summed E-state index contributed by atoms with van der Waals surface area (Å²) >= 11 is 0. The van der Waals surface area contributed by atoms with Gasteiger partial charge in [0, 0.05) is 31.6 Å². The van der Waals surface area contributed by atoms with Crippen LogP contribution in [-0.2, 0) is 22.7 Å². The largest absolute Gasteiger partial charge is 0.496 e. The summed E-state index contributed by atoms with van der Waals surface area (Å²) in [6.45, 7) is 2.94. The molecule has 1 atom stereocenters. The number of para-hydroxylation sites is 1. The minimum atomic E-state index is -0.318. The first-order valence-corrected chi connectivity index (χ1v) is 9.40. The highest BCUT2D eigenvalue weighted by atomic mass is 19.1. The Bertz CT molecular complexity index is 869. The third kappa shape index (κ3) is 4.68. The average molecular weight is 384 g/mol. The van der Waals surface area contributed by atoms with Crippen molar-refractivity contribution in [1.82, 2.24) is 10.2 Å². The number of aryl methyl sites for hydroxylation is 1. The zero-order valence-electron chi connectivity index (χ0n) is 16.2. The van der Waals surface area contributed by atoms with Crippen molar-refractivity contribution in [3.8, 4) is 5.75 Å². The molecule has 28 heavy (non-hydrogen) atoms. The Hall–Kier alpha value is -2.89. The lowest BCUT2D eigenvalue weighted by molar-refractivity contribution is -0.139. The van der Waals surface area contributed by atoms with E-state index in [1.165, 1.54) is 12.1 Å². The predicted molar refractivity (Wildman–Crippen MR) is 104 cm³/mol. The number of methoxy groups -OCH3 is 1. The summed E-state index contributed by atoms with van der Waals surface area (Å²) in [4.78, 5) is 26.7. The van der Waals surface area contributed by atoms with E-state index in [1.807, 2.05) is 31.2 Å². The second-order valence-electron chi connectivity index (χ2n) is 7.11. The number of halogens is 1. The number of nitrogens with zero attached hydrogens (tertiary/aromatic N) is 1. The minimum Gasteiger partial charge on any atom is -0.496 e. The lowest BCUT2D eigenvalue weighted by Gasteiger charge is -2.32. The van der Waals surface area contributed by atoms with Gasteiger partial charge in [-0.05, 0) is 42.7 Å². The molecule has 0 aromatic heterocycles. The molecule has 1 aliphatic heterocycles. The number of likely N-dealkylation sites (tertiary alicyclic amines) is 1. The lowest BCUT2D eigenvalue weighted by Crippen LogP contribution is -2.45. The molecule has 0 spiro atoms. The molecule has 5 nitrogen and oxygen atoms in total. The molecule has 2 aromatic rings. The zero-order valence-corrected chi connectivity index (χ0v) is 16.2. The molecule has 0 radical (unpaired) electrons. The molecule has 2 aromatic carbocycles. The number of amides is 2. The highest BCUT2D eigenvalue weighted by Gasteiger charge is 2.30. The summed E-state index contributed by atoms with van der Waals surface area (Å²) in [6, 6.07) is 12.1. The highest BCUT2D eigenvalue weighted by molar-refractivity contribution is 5.83. The Morgan fingerprint density at radius 3 is 2.82 bits per heavy atom. The Labute approximate surface area is 164 Å². The van der Waals surface area contributed by atoms with E-state index in [9.17, 15) is 14.0 Å². The number of rotatable bonds is 6. The number of piperidine rings is 1. The Morgan fingerprint density at radius 2 is 2.04 bits per heavy atom. The van der Waals surface area contributed by atoms with Gasteiger partial charge < -0.3 is 15.0 Å². The molecular formula is C22H25FN2O3. The normalized spacial score (nSPS) is 16.8. The number of carbonyl (C=O) groups is 2. The van der Waals surface area contributed by atoms with Crippen molar-refractivity contribution in [2.45, 2.75) is 32.9 Å². The number of benzene rings is 2. The minimum absolute atomic E-state index is 0.0379. The molecule has 0 aliphatic carbocycles. The maximum absolute atomic E-state index is 13.4. The Morgan fingerprint density at radius 1 is 1.25 bits per heavy atom. The van der Waals surface area contributed by atoms with Crippen LogP contribution in [0.25, 0.3) is 0 Å². The number of ether oxygens (including phenoxy) is 1. The van der Waals surface area contributed by atoms with Gasteiger partial charge in [-0.25, -0.2) is 4.39 Å². The fraction of sp³-hybridized carbons (Fsp3) is 0.364. The van der Waals surface area contributed by atoms with Gasteiger partial charge in [0.1, 0.15) is 11.6 Å². The summed E-state index contributed by atoms with van der Waals surface area (Å²) in [5.74, 6) is 0.0583. The van der Waals surface area contributed by atoms with Crippen molar-refractivity contribution in [2.24, 2.45) is 5.92 Å². The average Bonchev–Trinajstić information content (AvgIpc) is 2.70. The maximum Gasteiger partial charge on any atom is 0.225 e. The molecule has 0 saturated carbocycles. The van der Waals surface area contributed by atoms with E-state index < -0.39 is 0 Å². The molecule has 1 N–H and O–H groups in total. The second kappa shape index (κ2) is 8.87. The zero-order chi connectivity index (χ0) is 20.1. The van der Waals surface area contributed by atoms with Crippen LogP contribution in [0.3, 0.4) is 0 Å². The molecule has 3 rings (SSSR count). The van der Waals surface area contributed by atoms with Gasteiger partial charge in [0.05, 0.1) is 13.0 Å². The van der Waals surface area contributed by atoms with Crippen molar-refractivity contribution in [1.29, 1.82) is 0 Å². The van der Waals surface area contributed by atoms with Crippen LogP contribution < -0.4 is 10.1 Å². The Kier molecular flexibility index (Phi) is 6.29. The smallest absolute Gasteiger partial charge is 0.225 e. The van der Waals surface area contributed by atoms with Crippen LogP contribution >= 0.6 is 0 Å². The van der Waals surface area contributed by atoms with Crippen LogP contribution in [0, 0.1) is 18.7 Å². The van der Waals surface area contributed by atoms with Crippen molar-refractivity contribution in [3.05, 3.63) is 65.0 Å². The van der Waals surface area contributed by atoms with E-state index in [0.29, 0.717) is 25.9 Å². The lowest BCUT2D eigenvalue weighted by atomic mass is 9.95. The van der Waals surface area contributed by atoms with Crippen LogP contribution in [-0.4, -0.2) is 30.4 Å². The van der Waals surface area contributed by atoms with E-state index in [4.69, 9.17) is 4.74 Å². The molecule has 0 unspecified atom stereocenters. The van der Waals surface area contributed by atoms with Gasteiger partial charge in [0.25, 0.3) is 0 Å². The van der Waals surface area contributed by atoms with Crippen LogP contribution in [0.4, 0.5) is 4.39 Å². The third-order valence-electron chi connectivity index (χ3n) is 5.19. The van der Waals surface area contributed by atoms with Gasteiger partial charge in [0.2, 0.25) is 11.8 Å². The number of hydrogen-bond donors (Lipinski definition) is 1. The van der Waals surface area contributed by atoms with E-state index >= 15 is 0 Å². The summed E-state index contributed by atoms with van der Waals surface area (Å²) in [6.07, 6.45) is 0.863. The topological polar surface area (TPSA) is 58.6 Å². The van der Waals surface area contributed by atoms with Crippen molar-refractivity contribution < 1.29 is 18.7 Å². The molecule has 2 amide bonds. The molecule has 1 aliphatic rings. The molecule has 1 fully saturated rings. The first-order chi connectivity index (χ1) is 13.5. The van der Waals surface area contributed by atoms with E-state index in [0.717, 1.165) is 22.4 Å². The molecule has 1 saturated heterocycles. The molecule has 0 bridgehead atoms. The number of nitrogens with one attached hydrogen (secondary N) is 1. The monoisotopic (exact) mass is 384 g/mol. The first-order valence-electron chi connectivity index (χ1n) is 9.40. The predicted octanol–water partition coefficient (Wildman–Crippen LogP) is 3.20. The fourth-order valence-corrected chi connectivity index (χ4v) is 3.48. The van der Waals surface area contributed by atoms with Gasteiger partial charge >= 0.3 is 0 Å². The molecular weight excluding hydrogens is 359 g/mol. The van der Waals surface area contributed by atoms with Crippen LogP contribution in [0.15, 0.2) is 42.5 Å². The maximum atomic E-state index is 13.4. The summed E-state index contributed by atoms with van der Waals surface area (Å²) in [5, 5.41) is 2.89. The van der Waals surface area contributed by atoms with E-state index in [-0.39, 0.29) is 30.1 Å². The van der Waals surface area contributed by atoms with Gasteiger partial charge in [-0.2, -0.15) is 0 Å². The van der Waals surface area contributed by atoms with Gasteiger partial charge in [-0.1, -0.05) is 24.3 Å². The third-order valence-corrected chi connectivity index (χ3v) is 5.19. The van der Waals surface area contributed by atoms with Crippen LogP contribution in [0.2, 0.25) is 0 Å². The van der Waals surface area contributed by atoms with Crippen molar-refractivity contribution in [3.63, 3.8) is 0 Å². The second-order valence-corrected chi connectivity index (χ2v) is 7.11. The fourth-order valence-electron chi connectivity index (χ4n) is 3.48.